The highest BCUT2D eigenvalue weighted by Gasteiger charge is 2.35. The fraction of sp³-hybridized carbons (Fsp3) is 0.700. The SMILES string of the molecule is CC(C)(CN)CN=C(Nc1cccnc1)N1CCCC2CCCCC21. The molecule has 5 nitrogen and oxygen atoms in total. The van der Waals surface area contributed by atoms with Gasteiger partial charge in [0.1, 0.15) is 0 Å². The molecular weight excluding hydrogens is 310 g/mol. The largest absolute Gasteiger partial charge is 0.339 e. The second kappa shape index (κ2) is 8.17. The van der Waals surface area contributed by atoms with Gasteiger partial charge in [-0.3, -0.25) is 9.98 Å². The van der Waals surface area contributed by atoms with Gasteiger partial charge in [-0.25, -0.2) is 0 Å². The van der Waals surface area contributed by atoms with Crippen molar-refractivity contribution in [2.45, 2.75) is 58.4 Å². The molecule has 3 rings (SSSR count). The number of piperidine rings is 1. The highest BCUT2D eigenvalue weighted by Crippen LogP contribution is 2.35. The number of rotatable bonds is 4. The number of likely N-dealkylation sites (tertiary alicyclic amines) is 1. The lowest BCUT2D eigenvalue weighted by molar-refractivity contribution is 0.119. The quantitative estimate of drug-likeness (QED) is 0.649. The Kier molecular flexibility index (Phi) is 5.94. The van der Waals surface area contributed by atoms with Gasteiger partial charge in [0.25, 0.3) is 0 Å². The average molecular weight is 344 g/mol. The molecule has 2 fully saturated rings. The highest BCUT2D eigenvalue weighted by atomic mass is 15.3. The average Bonchev–Trinajstić information content (AvgIpc) is 2.65. The molecule has 0 bridgehead atoms. The molecular formula is C20H33N5. The van der Waals surface area contributed by atoms with Gasteiger partial charge < -0.3 is 16.0 Å². The molecule has 3 N–H and O–H groups in total. The van der Waals surface area contributed by atoms with E-state index in [2.05, 4.69) is 35.1 Å². The number of nitrogens with two attached hydrogens (primary N) is 1. The molecule has 5 heteroatoms. The van der Waals surface area contributed by atoms with Crippen molar-refractivity contribution in [2.24, 2.45) is 22.1 Å². The molecule has 2 aliphatic rings. The zero-order valence-electron chi connectivity index (χ0n) is 15.7. The highest BCUT2D eigenvalue weighted by molar-refractivity contribution is 5.93. The smallest absolute Gasteiger partial charge is 0.198 e. The van der Waals surface area contributed by atoms with Gasteiger partial charge in [0.15, 0.2) is 5.96 Å². The number of hydrogen-bond acceptors (Lipinski definition) is 3. The first-order valence-corrected chi connectivity index (χ1v) is 9.77. The topological polar surface area (TPSA) is 66.5 Å². The van der Waals surface area contributed by atoms with Crippen LogP contribution in [0.4, 0.5) is 5.69 Å². The zero-order chi connectivity index (χ0) is 17.7. The first-order chi connectivity index (χ1) is 12.1. The zero-order valence-corrected chi connectivity index (χ0v) is 15.7. The van der Waals surface area contributed by atoms with Crippen LogP contribution in [0.1, 0.15) is 52.4 Å². The van der Waals surface area contributed by atoms with Crippen LogP contribution in [0.5, 0.6) is 0 Å². The second-order valence-corrected chi connectivity index (χ2v) is 8.32. The molecule has 138 valence electrons. The Hall–Kier alpha value is -1.62. The summed E-state index contributed by atoms with van der Waals surface area (Å²) in [4.78, 5) is 11.8. The Bertz CT molecular complexity index is 567. The number of aliphatic imine (C=N–C) groups is 1. The number of pyridine rings is 1. The number of fused-ring (bicyclic) bond motifs is 1. The van der Waals surface area contributed by atoms with Gasteiger partial charge in [-0.05, 0) is 55.7 Å². The Morgan fingerprint density at radius 3 is 2.88 bits per heavy atom. The van der Waals surface area contributed by atoms with Gasteiger partial charge in [0.2, 0.25) is 0 Å². The Morgan fingerprint density at radius 1 is 1.32 bits per heavy atom. The predicted octanol–water partition coefficient (Wildman–Crippen LogP) is 3.49. The maximum Gasteiger partial charge on any atom is 0.198 e. The maximum absolute atomic E-state index is 5.92. The molecule has 0 amide bonds. The number of anilines is 1. The molecule has 2 heterocycles. The molecule has 1 aliphatic carbocycles. The molecule has 0 aromatic carbocycles. The summed E-state index contributed by atoms with van der Waals surface area (Å²) in [5.41, 5.74) is 6.94. The summed E-state index contributed by atoms with van der Waals surface area (Å²) in [5, 5.41) is 3.55. The summed E-state index contributed by atoms with van der Waals surface area (Å²) < 4.78 is 0. The van der Waals surface area contributed by atoms with Crippen LogP contribution in [-0.4, -0.2) is 41.5 Å². The fourth-order valence-electron chi connectivity index (χ4n) is 4.01. The van der Waals surface area contributed by atoms with Crippen LogP contribution in [0.2, 0.25) is 0 Å². The number of hydrogen-bond donors (Lipinski definition) is 2. The lowest BCUT2D eigenvalue weighted by Gasteiger charge is -2.45. The minimum Gasteiger partial charge on any atom is -0.339 e. The Labute approximate surface area is 152 Å². The van der Waals surface area contributed by atoms with Crippen molar-refractivity contribution < 1.29 is 0 Å². The van der Waals surface area contributed by atoms with E-state index in [4.69, 9.17) is 10.7 Å². The molecule has 2 atom stereocenters. The van der Waals surface area contributed by atoms with Crippen molar-refractivity contribution in [2.75, 3.05) is 25.0 Å². The first-order valence-electron chi connectivity index (χ1n) is 9.77. The van der Waals surface area contributed by atoms with Crippen LogP contribution >= 0.6 is 0 Å². The van der Waals surface area contributed by atoms with Gasteiger partial charge >= 0.3 is 0 Å². The molecule has 1 saturated carbocycles. The summed E-state index contributed by atoms with van der Waals surface area (Å²) in [6.45, 7) is 6.83. The minimum atomic E-state index is 0.0175. The molecule has 1 aromatic heterocycles. The Morgan fingerprint density at radius 2 is 2.12 bits per heavy atom. The molecule has 2 unspecified atom stereocenters. The third-order valence-electron chi connectivity index (χ3n) is 5.64. The number of guanidine groups is 1. The molecule has 0 spiro atoms. The van der Waals surface area contributed by atoms with E-state index in [1.54, 1.807) is 6.20 Å². The van der Waals surface area contributed by atoms with Crippen LogP contribution in [0.25, 0.3) is 0 Å². The second-order valence-electron chi connectivity index (χ2n) is 8.32. The first kappa shape index (κ1) is 18.2. The molecule has 1 aliphatic heterocycles. The van der Waals surface area contributed by atoms with Gasteiger partial charge in [-0.2, -0.15) is 0 Å². The number of nitrogens with zero attached hydrogens (tertiary/aromatic N) is 3. The van der Waals surface area contributed by atoms with E-state index in [1.165, 1.54) is 38.5 Å². The van der Waals surface area contributed by atoms with Gasteiger partial charge in [-0.15, -0.1) is 0 Å². The van der Waals surface area contributed by atoms with E-state index in [-0.39, 0.29) is 5.41 Å². The van der Waals surface area contributed by atoms with Crippen molar-refractivity contribution >= 4 is 11.6 Å². The van der Waals surface area contributed by atoms with E-state index in [1.807, 2.05) is 12.3 Å². The summed E-state index contributed by atoms with van der Waals surface area (Å²) >= 11 is 0. The van der Waals surface area contributed by atoms with Crippen molar-refractivity contribution in [1.29, 1.82) is 0 Å². The van der Waals surface area contributed by atoms with E-state index in [9.17, 15) is 0 Å². The van der Waals surface area contributed by atoms with E-state index in [0.29, 0.717) is 12.6 Å². The number of nitrogens with one attached hydrogen (secondary N) is 1. The van der Waals surface area contributed by atoms with Crippen molar-refractivity contribution in [3.8, 4) is 0 Å². The normalized spacial score (nSPS) is 24.8. The number of aromatic nitrogens is 1. The molecule has 1 aromatic rings. The monoisotopic (exact) mass is 343 g/mol. The third-order valence-corrected chi connectivity index (χ3v) is 5.64. The third kappa shape index (κ3) is 4.72. The van der Waals surface area contributed by atoms with Crippen molar-refractivity contribution in [3.05, 3.63) is 24.5 Å². The van der Waals surface area contributed by atoms with Crippen molar-refractivity contribution in [3.63, 3.8) is 0 Å². The lowest BCUT2D eigenvalue weighted by Crippen LogP contribution is -2.52. The summed E-state index contributed by atoms with van der Waals surface area (Å²) in [7, 11) is 0. The van der Waals surface area contributed by atoms with Crippen molar-refractivity contribution in [1.82, 2.24) is 9.88 Å². The van der Waals surface area contributed by atoms with Crippen LogP contribution in [0.3, 0.4) is 0 Å². The lowest BCUT2D eigenvalue weighted by atomic mass is 9.78. The molecule has 0 radical (unpaired) electrons. The molecule has 1 saturated heterocycles. The molecule has 25 heavy (non-hydrogen) atoms. The minimum absolute atomic E-state index is 0.0175. The van der Waals surface area contributed by atoms with Gasteiger partial charge in [0, 0.05) is 25.3 Å². The summed E-state index contributed by atoms with van der Waals surface area (Å²) in [6, 6.07) is 4.65. The van der Waals surface area contributed by atoms with E-state index >= 15 is 0 Å². The van der Waals surface area contributed by atoms with Crippen LogP contribution in [-0.2, 0) is 0 Å². The van der Waals surface area contributed by atoms with Gasteiger partial charge in [-0.1, -0.05) is 26.7 Å². The Balaban J connectivity index is 1.82. The van der Waals surface area contributed by atoms with Crippen LogP contribution < -0.4 is 11.1 Å². The van der Waals surface area contributed by atoms with Gasteiger partial charge in [0.05, 0.1) is 11.9 Å². The predicted molar refractivity (Wildman–Crippen MR) is 105 cm³/mol. The van der Waals surface area contributed by atoms with E-state index < -0.39 is 0 Å². The summed E-state index contributed by atoms with van der Waals surface area (Å²) in [6.07, 6.45) is 11.7. The fourth-order valence-corrected chi connectivity index (χ4v) is 4.01. The van der Waals surface area contributed by atoms with E-state index in [0.717, 1.165) is 30.7 Å². The van der Waals surface area contributed by atoms with Crippen LogP contribution in [0, 0.1) is 11.3 Å². The standard InChI is InChI=1S/C20H33N5/c1-20(2,14-21)15-23-19(24-17-9-5-11-22-13-17)25-12-6-8-16-7-3-4-10-18(16)25/h5,9,11,13,16,18H,3-4,6-8,10,12,14-15,21H2,1-2H3,(H,23,24). The van der Waals surface area contributed by atoms with Crippen LogP contribution in [0.15, 0.2) is 29.5 Å². The summed E-state index contributed by atoms with van der Waals surface area (Å²) in [5.74, 6) is 1.83. The maximum atomic E-state index is 5.92.